The van der Waals surface area contributed by atoms with E-state index in [1.807, 2.05) is 6.07 Å². The largest absolute Gasteiger partial charge is 0.481 e. The second kappa shape index (κ2) is 7.75. The van der Waals surface area contributed by atoms with Crippen LogP contribution in [0.5, 0.6) is 0 Å². The fraction of sp³-hybridized carbons (Fsp3) is 0.125. The molecule has 5 nitrogen and oxygen atoms in total. The highest BCUT2D eigenvalue weighted by atomic mass is 19.1. The molecule has 1 heterocycles. The second-order valence-electron chi connectivity index (χ2n) is 7.51. The number of aliphatic carboxylic acids is 1. The number of carbonyl (C=O) groups is 1. The van der Waals surface area contributed by atoms with Crippen molar-refractivity contribution in [3.8, 4) is 5.69 Å². The number of hydrogen-bond acceptors (Lipinski definition) is 3. The summed E-state index contributed by atoms with van der Waals surface area (Å²) < 4.78 is 28.7. The van der Waals surface area contributed by atoms with E-state index < -0.39 is 28.6 Å². The lowest BCUT2D eigenvalue weighted by Gasteiger charge is -2.26. The number of halogens is 2. The van der Waals surface area contributed by atoms with Crippen LogP contribution < -0.4 is 5.56 Å². The van der Waals surface area contributed by atoms with E-state index in [1.165, 1.54) is 13.0 Å². The number of hydrogen-bond donors (Lipinski definition) is 1. The Morgan fingerprint density at radius 2 is 1.65 bits per heavy atom. The van der Waals surface area contributed by atoms with Crippen LogP contribution in [0.1, 0.15) is 18.2 Å². The zero-order valence-corrected chi connectivity index (χ0v) is 16.5. The van der Waals surface area contributed by atoms with Crippen LogP contribution in [0.4, 0.5) is 8.78 Å². The third kappa shape index (κ3) is 3.59. The quantitative estimate of drug-likeness (QED) is 0.524. The van der Waals surface area contributed by atoms with Crippen molar-refractivity contribution in [3.05, 3.63) is 106 Å². The maximum atomic E-state index is 14.5. The van der Waals surface area contributed by atoms with Crippen LogP contribution in [0.25, 0.3) is 16.5 Å². The van der Waals surface area contributed by atoms with Crippen molar-refractivity contribution in [3.63, 3.8) is 0 Å². The van der Waals surface area contributed by atoms with E-state index in [0.29, 0.717) is 11.5 Å². The Morgan fingerprint density at radius 3 is 2.29 bits per heavy atom. The standard InChI is InChI=1S/C24H18F2N2O3/c1-24(23(30)31,14-15-7-3-2-4-8-15)21-17-9-5-6-10-18(17)22(29)28(27-21)20-12-11-16(25)13-19(20)26/h2-13H,14H2,1H3,(H,30,31). The molecule has 1 aromatic heterocycles. The number of fused-ring (bicyclic) bond motifs is 1. The first-order valence-corrected chi connectivity index (χ1v) is 9.56. The van der Waals surface area contributed by atoms with Crippen molar-refractivity contribution >= 4 is 16.7 Å². The minimum Gasteiger partial charge on any atom is -0.481 e. The first kappa shape index (κ1) is 20.4. The number of carboxylic acids is 1. The van der Waals surface area contributed by atoms with Gasteiger partial charge in [-0.1, -0.05) is 48.5 Å². The molecule has 0 spiro atoms. The summed E-state index contributed by atoms with van der Waals surface area (Å²) in [5.74, 6) is -2.91. The van der Waals surface area contributed by atoms with E-state index in [-0.39, 0.29) is 23.2 Å². The number of aromatic nitrogens is 2. The lowest BCUT2D eigenvalue weighted by molar-refractivity contribution is -0.143. The van der Waals surface area contributed by atoms with Crippen LogP contribution in [0.15, 0.2) is 77.6 Å². The normalized spacial score (nSPS) is 13.1. The highest BCUT2D eigenvalue weighted by Gasteiger charge is 2.39. The molecule has 0 amide bonds. The number of carboxylic acid groups (broad SMARTS) is 1. The molecule has 31 heavy (non-hydrogen) atoms. The molecule has 1 atom stereocenters. The molecule has 0 aliphatic heterocycles. The van der Waals surface area contributed by atoms with Gasteiger partial charge in [-0.3, -0.25) is 9.59 Å². The molecule has 0 saturated carbocycles. The number of nitrogens with zero attached hydrogens (tertiary/aromatic N) is 2. The molecule has 7 heteroatoms. The van der Waals surface area contributed by atoms with Crippen molar-refractivity contribution in [1.82, 2.24) is 9.78 Å². The van der Waals surface area contributed by atoms with E-state index in [1.54, 1.807) is 42.5 Å². The molecule has 3 aromatic carbocycles. The fourth-order valence-corrected chi connectivity index (χ4v) is 3.68. The van der Waals surface area contributed by atoms with Gasteiger partial charge in [0.1, 0.15) is 16.9 Å². The summed E-state index contributed by atoms with van der Waals surface area (Å²) in [7, 11) is 0. The van der Waals surface area contributed by atoms with E-state index in [2.05, 4.69) is 5.10 Å². The average Bonchev–Trinajstić information content (AvgIpc) is 2.75. The van der Waals surface area contributed by atoms with Gasteiger partial charge in [-0.25, -0.2) is 8.78 Å². The predicted molar refractivity (Wildman–Crippen MR) is 112 cm³/mol. The van der Waals surface area contributed by atoms with Crippen molar-refractivity contribution < 1.29 is 18.7 Å². The van der Waals surface area contributed by atoms with Gasteiger partial charge in [-0.05, 0) is 37.1 Å². The smallest absolute Gasteiger partial charge is 0.315 e. The summed E-state index contributed by atoms with van der Waals surface area (Å²) in [6.45, 7) is 1.52. The summed E-state index contributed by atoms with van der Waals surface area (Å²) in [5, 5.41) is 15.0. The molecular formula is C24H18F2N2O3. The maximum Gasteiger partial charge on any atom is 0.315 e. The van der Waals surface area contributed by atoms with Crippen LogP contribution in [-0.2, 0) is 16.6 Å². The molecular weight excluding hydrogens is 402 g/mol. The van der Waals surface area contributed by atoms with Crippen LogP contribution in [0.3, 0.4) is 0 Å². The van der Waals surface area contributed by atoms with Gasteiger partial charge in [0.05, 0.1) is 11.1 Å². The summed E-state index contributed by atoms with van der Waals surface area (Å²) in [6.07, 6.45) is 0.101. The van der Waals surface area contributed by atoms with Gasteiger partial charge in [0.2, 0.25) is 0 Å². The van der Waals surface area contributed by atoms with E-state index in [0.717, 1.165) is 22.4 Å². The fourth-order valence-electron chi connectivity index (χ4n) is 3.68. The summed E-state index contributed by atoms with van der Waals surface area (Å²) in [6, 6.07) is 18.3. The van der Waals surface area contributed by atoms with Gasteiger partial charge >= 0.3 is 5.97 Å². The van der Waals surface area contributed by atoms with E-state index in [9.17, 15) is 23.5 Å². The third-order valence-electron chi connectivity index (χ3n) is 5.34. The van der Waals surface area contributed by atoms with Crippen LogP contribution in [0, 0.1) is 11.6 Å². The van der Waals surface area contributed by atoms with Crippen molar-refractivity contribution in [2.45, 2.75) is 18.8 Å². The van der Waals surface area contributed by atoms with Crippen molar-refractivity contribution in [2.24, 2.45) is 0 Å². The van der Waals surface area contributed by atoms with Gasteiger partial charge in [0, 0.05) is 11.5 Å². The molecule has 0 fully saturated rings. The monoisotopic (exact) mass is 420 g/mol. The van der Waals surface area contributed by atoms with Gasteiger partial charge in [-0.15, -0.1) is 0 Å². The third-order valence-corrected chi connectivity index (χ3v) is 5.34. The molecule has 0 saturated heterocycles. The average molecular weight is 420 g/mol. The lowest BCUT2D eigenvalue weighted by atomic mass is 9.78. The van der Waals surface area contributed by atoms with Gasteiger partial charge in [-0.2, -0.15) is 9.78 Å². The Morgan fingerprint density at radius 1 is 1.00 bits per heavy atom. The van der Waals surface area contributed by atoms with Gasteiger partial charge in [0.25, 0.3) is 5.56 Å². The Bertz CT molecular complexity index is 1350. The highest BCUT2D eigenvalue weighted by Crippen LogP contribution is 2.32. The molecule has 4 aromatic rings. The van der Waals surface area contributed by atoms with Crippen molar-refractivity contribution in [1.29, 1.82) is 0 Å². The molecule has 0 radical (unpaired) electrons. The Kier molecular flexibility index (Phi) is 5.10. The maximum absolute atomic E-state index is 14.5. The van der Waals surface area contributed by atoms with Gasteiger partial charge < -0.3 is 5.11 Å². The predicted octanol–water partition coefficient (Wildman–Crippen LogP) is 4.25. The number of benzene rings is 3. The zero-order valence-electron chi connectivity index (χ0n) is 16.5. The molecule has 4 rings (SSSR count). The lowest BCUT2D eigenvalue weighted by Crippen LogP contribution is -2.38. The second-order valence-corrected chi connectivity index (χ2v) is 7.51. The Labute approximate surface area is 176 Å². The minimum atomic E-state index is -1.52. The number of rotatable bonds is 5. The van der Waals surface area contributed by atoms with Crippen LogP contribution in [-0.4, -0.2) is 20.9 Å². The summed E-state index contributed by atoms with van der Waals surface area (Å²) >= 11 is 0. The SMILES string of the molecule is CC(Cc1ccccc1)(C(=O)O)c1nn(-c2ccc(F)cc2F)c(=O)c2ccccc12. The molecule has 0 aliphatic carbocycles. The topological polar surface area (TPSA) is 72.2 Å². The molecule has 1 unspecified atom stereocenters. The highest BCUT2D eigenvalue weighted by molar-refractivity contribution is 5.91. The van der Waals surface area contributed by atoms with Gasteiger partial charge in [0.15, 0.2) is 5.82 Å². The molecule has 1 N–H and O–H groups in total. The first-order valence-electron chi connectivity index (χ1n) is 9.56. The Hall–Kier alpha value is -3.87. The van der Waals surface area contributed by atoms with Crippen LogP contribution in [0.2, 0.25) is 0 Å². The van der Waals surface area contributed by atoms with Crippen LogP contribution >= 0.6 is 0 Å². The zero-order chi connectivity index (χ0) is 22.2. The summed E-state index contributed by atoms with van der Waals surface area (Å²) in [4.78, 5) is 25.5. The first-order chi connectivity index (χ1) is 14.8. The molecule has 0 aliphatic rings. The van der Waals surface area contributed by atoms with E-state index >= 15 is 0 Å². The minimum absolute atomic E-state index is 0.101. The summed E-state index contributed by atoms with van der Waals surface area (Å²) in [5.41, 5.74) is -1.53. The molecule has 156 valence electrons. The molecule has 0 bridgehead atoms. The Balaban J connectivity index is 2.03. The van der Waals surface area contributed by atoms with E-state index in [4.69, 9.17) is 0 Å². The van der Waals surface area contributed by atoms with Crippen molar-refractivity contribution in [2.75, 3.05) is 0 Å².